The maximum atomic E-state index is 9.86. The van der Waals surface area contributed by atoms with Crippen LogP contribution in [0.4, 0.5) is 11.8 Å². The van der Waals surface area contributed by atoms with Gasteiger partial charge in [-0.15, -0.1) is 0 Å². The Kier molecular flexibility index (Phi) is 7.69. The first-order valence-corrected chi connectivity index (χ1v) is 13.3. The second kappa shape index (κ2) is 11.3. The van der Waals surface area contributed by atoms with Crippen LogP contribution >= 0.6 is 11.3 Å². The second-order valence-corrected chi connectivity index (χ2v) is 10.5. The zero-order valence-corrected chi connectivity index (χ0v) is 21.3. The number of likely N-dealkylation sites (N-methyl/N-ethyl adjacent to an activating group) is 1. The largest absolute Gasteiger partial charge is 0.395 e. The molecule has 8 nitrogen and oxygen atoms in total. The Morgan fingerprint density at radius 3 is 2.44 bits per heavy atom. The van der Waals surface area contributed by atoms with Crippen molar-refractivity contribution in [1.82, 2.24) is 19.9 Å². The van der Waals surface area contributed by atoms with Gasteiger partial charge in [0, 0.05) is 32.5 Å². The molecule has 0 amide bonds. The van der Waals surface area contributed by atoms with Gasteiger partial charge in [0.25, 0.3) is 0 Å². The second-order valence-electron chi connectivity index (χ2n) is 9.41. The molecule has 0 radical (unpaired) electrons. The highest BCUT2D eigenvalue weighted by atomic mass is 32.1. The number of hydrogen-bond donors (Lipinski definition) is 3. The summed E-state index contributed by atoms with van der Waals surface area (Å²) in [6, 6.07) is 16.6. The minimum Gasteiger partial charge on any atom is -0.395 e. The summed E-state index contributed by atoms with van der Waals surface area (Å²) in [5, 5.41) is 23.6. The van der Waals surface area contributed by atoms with E-state index in [2.05, 4.69) is 23.5 Å². The van der Waals surface area contributed by atoms with E-state index in [9.17, 15) is 10.2 Å². The first-order chi connectivity index (χ1) is 17.6. The number of aromatic nitrogens is 4. The van der Waals surface area contributed by atoms with Gasteiger partial charge >= 0.3 is 0 Å². The monoisotopic (exact) mass is 504 g/mol. The number of aliphatic hydroxyl groups excluding tert-OH is 2. The molecule has 1 saturated carbocycles. The Morgan fingerprint density at radius 2 is 1.69 bits per heavy atom. The Labute approximate surface area is 215 Å². The lowest BCUT2D eigenvalue weighted by molar-refractivity contribution is 0.126. The van der Waals surface area contributed by atoms with Gasteiger partial charge in [0.2, 0.25) is 5.95 Å². The van der Waals surface area contributed by atoms with Crippen LogP contribution in [0.15, 0.2) is 48.5 Å². The first kappa shape index (κ1) is 24.5. The molecule has 0 atom stereocenters. The normalized spacial score (nSPS) is 17.9. The number of aliphatic hydroxyl groups is 2. The average Bonchev–Trinajstić information content (AvgIpc) is 3.27. The lowest BCUT2D eigenvalue weighted by Crippen LogP contribution is -2.29. The van der Waals surface area contributed by atoms with Crippen LogP contribution in [0.25, 0.3) is 10.3 Å². The first-order valence-electron chi connectivity index (χ1n) is 12.5. The van der Waals surface area contributed by atoms with E-state index in [4.69, 9.17) is 19.9 Å². The molecule has 4 aromatic rings. The summed E-state index contributed by atoms with van der Waals surface area (Å²) in [4.78, 5) is 22.0. The molecule has 3 heterocycles. The molecule has 3 aromatic heterocycles. The minimum atomic E-state index is -0.194. The zero-order valence-electron chi connectivity index (χ0n) is 20.5. The molecule has 0 unspecified atom stereocenters. The Morgan fingerprint density at radius 1 is 0.944 bits per heavy atom. The summed E-state index contributed by atoms with van der Waals surface area (Å²) in [6.45, 7) is 0.617. The lowest BCUT2D eigenvalue weighted by Gasteiger charge is -2.26. The van der Waals surface area contributed by atoms with E-state index in [0.717, 1.165) is 64.7 Å². The summed E-state index contributed by atoms with van der Waals surface area (Å²) in [5.74, 6) is 1.47. The average molecular weight is 505 g/mol. The third-order valence-corrected chi connectivity index (χ3v) is 7.50. The van der Waals surface area contributed by atoms with Crippen molar-refractivity contribution in [3.8, 4) is 0 Å². The number of hydrogen-bond acceptors (Lipinski definition) is 9. The number of thiazole rings is 1. The van der Waals surface area contributed by atoms with E-state index in [1.165, 1.54) is 5.56 Å². The number of benzene rings is 1. The van der Waals surface area contributed by atoms with Crippen molar-refractivity contribution in [2.75, 3.05) is 30.4 Å². The molecule has 1 aliphatic carbocycles. The SMILES string of the molecule is CN(CCO)c1ccc2nc(Cc3cc(Cc4ccccc4)nc(NC4CCC(O)CC4)n3)sc2n1. The van der Waals surface area contributed by atoms with Gasteiger partial charge in [-0.05, 0) is 49.4 Å². The smallest absolute Gasteiger partial charge is 0.223 e. The van der Waals surface area contributed by atoms with E-state index in [0.29, 0.717) is 18.9 Å². The standard InChI is InChI=1S/C27H32N6O2S/c1-33(13-14-34)24-12-11-23-26(32-24)36-25(31-23)17-21-16-20(15-18-5-3-2-4-6-18)29-27(30-21)28-19-7-9-22(35)10-8-19/h2-6,11-12,16,19,22,34-35H,7-10,13-15,17H2,1H3,(H,28,29,30). The number of nitrogens with zero attached hydrogens (tertiary/aromatic N) is 5. The van der Waals surface area contributed by atoms with E-state index in [-0.39, 0.29) is 18.8 Å². The van der Waals surface area contributed by atoms with Crippen LogP contribution in [0.1, 0.15) is 47.6 Å². The summed E-state index contributed by atoms with van der Waals surface area (Å²) in [7, 11) is 1.92. The third kappa shape index (κ3) is 6.16. The molecular weight excluding hydrogens is 472 g/mol. The maximum absolute atomic E-state index is 9.86. The topological polar surface area (TPSA) is 107 Å². The Bertz CT molecular complexity index is 1290. The number of anilines is 2. The van der Waals surface area contributed by atoms with E-state index >= 15 is 0 Å². The Hall–Kier alpha value is -3.14. The van der Waals surface area contributed by atoms with Crippen LogP contribution in [0, 0.1) is 0 Å². The molecule has 0 aliphatic heterocycles. The fourth-order valence-electron chi connectivity index (χ4n) is 4.57. The molecule has 5 rings (SSSR count). The van der Waals surface area contributed by atoms with Crippen molar-refractivity contribution in [1.29, 1.82) is 0 Å². The van der Waals surface area contributed by atoms with Crippen molar-refractivity contribution in [2.45, 2.75) is 50.7 Å². The van der Waals surface area contributed by atoms with Gasteiger partial charge in [0.15, 0.2) is 0 Å². The molecule has 0 bridgehead atoms. The van der Waals surface area contributed by atoms with Crippen LogP contribution in [0.5, 0.6) is 0 Å². The van der Waals surface area contributed by atoms with Gasteiger partial charge in [0.05, 0.1) is 24.1 Å². The fraction of sp³-hybridized carbons (Fsp3) is 0.407. The van der Waals surface area contributed by atoms with Gasteiger partial charge in [-0.2, -0.15) is 0 Å². The molecule has 36 heavy (non-hydrogen) atoms. The molecular formula is C27H32N6O2S. The van der Waals surface area contributed by atoms with Crippen molar-refractivity contribution in [2.24, 2.45) is 0 Å². The van der Waals surface area contributed by atoms with Crippen molar-refractivity contribution in [3.63, 3.8) is 0 Å². The Balaban J connectivity index is 1.39. The van der Waals surface area contributed by atoms with Crippen molar-refractivity contribution in [3.05, 3.63) is 70.5 Å². The third-order valence-electron chi connectivity index (χ3n) is 6.53. The van der Waals surface area contributed by atoms with Gasteiger partial charge in [-0.3, -0.25) is 0 Å². The highest BCUT2D eigenvalue weighted by Gasteiger charge is 2.20. The number of pyridine rings is 1. The lowest BCUT2D eigenvalue weighted by atomic mass is 9.93. The minimum absolute atomic E-state index is 0.0843. The number of fused-ring (bicyclic) bond motifs is 1. The number of rotatable bonds is 9. The molecule has 3 N–H and O–H groups in total. The predicted molar refractivity (Wildman–Crippen MR) is 144 cm³/mol. The molecule has 0 saturated heterocycles. The molecule has 188 valence electrons. The van der Waals surface area contributed by atoms with Crippen LogP contribution in [-0.2, 0) is 12.8 Å². The quantitative estimate of drug-likeness (QED) is 0.316. The maximum Gasteiger partial charge on any atom is 0.223 e. The van der Waals surface area contributed by atoms with Crippen LogP contribution < -0.4 is 10.2 Å². The fourth-order valence-corrected chi connectivity index (χ4v) is 5.51. The van der Waals surface area contributed by atoms with Crippen molar-refractivity contribution >= 4 is 33.5 Å². The van der Waals surface area contributed by atoms with Gasteiger partial charge < -0.3 is 20.4 Å². The highest BCUT2D eigenvalue weighted by Crippen LogP contribution is 2.26. The number of nitrogens with one attached hydrogen (secondary N) is 1. The molecule has 1 aliphatic rings. The van der Waals surface area contributed by atoms with Crippen LogP contribution in [0.3, 0.4) is 0 Å². The molecule has 1 aromatic carbocycles. The van der Waals surface area contributed by atoms with Crippen LogP contribution in [-0.4, -0.2) is 62.5 Å². The summed E-state index contributed by atoms with van der Waals surface area (Å²) >= 11 is 1.57. The predicted octanol–water partition coefficient (Wildman–Crippen LogP) is 3.81. The van der Waals surface area contributed by atoms with Crippen molar-refractivity contribution < 1.29 is 10.2 Å². The van der Waals surface area contributed by atoms with Gasteiger partial charge in [-0.1, -0.05) is 41.7 Å². The molecule has 9 heteroatoms. The zero-order chi connectivity index (χ0) is 24.9. The van der Waals surface area contributed by atoms with Gasteiger partial charge in [0.1, 0.15) is 21.2 Å². The molecule has 1 fully saturated rings. The summed E-state index contributed by atoms with van der Waals surface area (Å²) < 4.78 is 0. The van der Waals surface area contributed by atoms with Crippen LogP contribution in [0.2, 0.25) is 0 Å². The van der Waals surface area contributed by atoms with E-state index < -0.39 is 0 Å². The summed E-state index contributed by atoms with van der Waals surface area (Å²) in [5.41, 5.74) is 3.97. The highest BCUT2D eigenvalue weighted by molar-refractivity contribution is 7.18. The molecule has 0 spiro atoms. The van der Waals surface area contributed by atoms with E-state index in [1.54, 1.807) is 11.3 Å². The van der Waals surface area contributed by atoms with E-state index in [1.807, 2.05) is 42.3 Å². The van der Waals surface area contributed by atoms with Gasteiger partial charge in [-0.25, -0.2) is 19.9 Å². The summed E-state index contributed by atoms with van der Waals surface area (Å²) in [6.07, 6.45) is 4.59.